The molecule has 0 spiro atoms. The molecule has 0 aliphatic carbocycles. The van der Waals surface area contributed by atoms with Crippen LogP contribution in [0, 0.1) is 12.7 Å². The van der Waals surface area contributed by atoms with E-state index in [1.807, 2.05) is 31.2 Å². The zero-order valence-corrected chi connectivity index (χ0v) is 13.2. The van der Waals surface area contributed by atoms with E-state index in [1.54, 1.807) is 0 Å². The van der Waals surface area contributed by atoms with Crippen LogP contribution in [0.1, 0.15) is 30.0 Å². The highest BCUT2D eigenvalue weighted by molar-refractivity contribution is 7.89. The minimum Gasteiger partial charge on any atom is -0.207 e. The Bertz CT molecular complexity index is 754. The van der Waals surface area contributed by atoms with E-state index in [1.165, 1.54) is 28.6 Å². The fraction of sp³-hybridized carbons (Fsp3) is 0.294. The van der Waals surface area contributed by atoms with Gasteiger partial charge >= 0.3 is 0 Å². The van der Waals surface area contributed by atoms with E-state index in [2.05, 4.69) is 0 Å². The summed E-state index contributed by atoms with van der Waals surface area (Å²) in [6, 6.07) is 12.8. The molecule has 1 aliphatic heterocycles. The molecule has 0 bridgehead atoms. The van der Waals surface area contributed by atoms with Crippen molar-refractivity contribution in [2.75, 3.05) is 6.54 Å². The highest BCUT2D eigenvalue weighted by Crippen LogP contribution is 2.36. The Hall–Kier alpha value is -1.72. The van der Waals surface area contributed by atoms with Gasteiger partial charge < -0.3 is 0 Å². The van der Waals surface area contributed by atoms with Gasteiger partial charge in [0.15, 0.2) is 0 Å². The number of rotatable bonds is 3. The number of nitrogens with zero attached hydrogens (tertiary/aromatic N) is 1. The van der Waals surface area contributed by atoms with Crippen molar-refractivity contribution < 1.29 is 12.8 Å². The van der Waals surface area contributed by atoms with Gasteiger partial charge in [0, 0.05) is 6.54 Å². The smallest absolute Gasteiger partial charge is 0.207 e. The minimum absolute atomic E-state index is 0.143. The molecule has 22 heavy (non-hydrogen) atoms. The highest BCUT2D eigenvalue weighted by Gasteiger charge is 2.36. The molecule has 0 radical (unpaired) electrons. The first-order chi connectivity index (χ1) is 10.5. The Kier molecular flexibility index (Phi) is 4.02. The zero-order valence-electron chi connectivity index (χ0n) is 12.4. The summed E-state index contributed by atoms with van der Waals surface area (Å²) in [6.07, 6.45) is 1.64. The molecule has 1 heterocycles. The monoisotopic (exact) mass is 319 g/mol. The first-order valence-corrected chi connectivity index (χ1v) is 8.76. The third-order valence-electron chi connectivity index (χ3n) is 4.09. The summed E-state index contributed by atoms with van der Waals surface area (Å²) in [5.74, 6) is -0.435. The van der Waals surface area contributed by atoms with Gasteiger partial charge in [0.2, 0.25) is 10.0 Å². The Morgan fingerprint density at radius 3 is 2.32 bits per heavy atom. The first kappa shape index (κ1) is 15.2. The topological polar surface area (TPSA) is 37.4 Å². The van der Waals surface area contributed by atoms with Crippen LogP contribution in [0.4, 0.5) is 4.39 Å². The molecule has 0 saturated carbocycles. The average molecular weight is 319 g/mol. The molecule has 1 fully saturated rings. The van der Waals surface area contributed by atoms with Crippen LogP contribution in [-0.2, 0) is 10.0 Å². The minimum atomic E-state index is -3.60. The van der Waals surface area contributed by atoms with Crippen molar-refractivity contribution in [2.45, 2.75) is 30.7 Å². The molecule has 0 aromatic heterocycles. The fourth-order valence-corrected chi connectivity index (χ4v) is 4.57. The Labute approximate surface area is 130 Å². The molecule has 1 atom stereocenters. The average Bonchev–Trinajstić information content (AvgIpc) is 2.99. The van der Waals surface area contributed by atoms with Gasteiger partial charge in [-0.2, -0.15) is 4.31 Å². The number of halogens is 1. The van der Waals surface area contributed by atoms with Crippen LogP contribution in [0.5, 0.6) is 0 Å². The van der Waals surface area contributed by atoms with Crippen LogP contribution >= 0.6 is 0 Å². The van der Waals surface area contributed by atoms with Gasteiger partial charge in [-0.05, 0) is 49.6 Å². The molecule has 0 unspecified atom stereocenters. The van der Waals surface area contributed by atoms with E-state index in [0.717, 1.165) is 24.0 Å². The van der Waals surface area contributed by atoms with Gasteiger partial charge in [-0.3, -0.25) is 0 Å². The molecular weight excluding hydrogens is 301 g/mol. The Morgan fingerprint density at radius 1 is 1.05 bits per heavy atom. The van der Waals surface area contributed by atoms with E-state index in [4.69, 9.17) is 0 Å². The molecule has 0 N–H and O–H groups in total. The molecule has 5 heteroatoms. The second kappa shape index (κ2) is 5.82. The van der Waals surface area contributed by atoms with E-state index >= 15 is 0 Å². The molecule has 0 amide bonds. The summed E-state index contributed by atoms with van der Waals surface area (Å²) in [5, 5.41) is 0. The number of hydrogen-bond acceptors (Lipinski definition) is 2. The Morgan fingerprint density at radius 2 is 1.68 bits per heavy atom. The maximum atomic E-state index is 13.0. The third-order valence-corrected chi connectivity index (χ3v) is 6.01. The van der Waals surface area contributed by atoms with E-state index in [-0.39, 0.29) is 10.9 Å². The third kappa shape index (κ3) is 2.78. The standard InChI is InChI=1S/C17H18FNO2S/c1-13-4-6-14(7-5-13)17-3-2-12-19(17)22(20,21)16-10-8-15(18)9-11-16/h4-11,17H,2-3,12H2,1H3/t17-/m0/s1. The first-order valence-electron chi connectivity index (χ1n) is 7.32. The van der Waals surface area contributed by atoms with Crippen LogP contribution in [0.15, 0.2) is 53.4 Å². The van der Waals surface area contributed by atoms with E-state index < -0.39 is 15.8 Å². The predicted octanol–water partition coefficient (Wildman–Crippen LogP) is 3.66. The molecular formula is C17H18FNO2S. The second-order valence-corrected chi connectivity index (χ2v) is 7.53. The summed E-state index contributed by atoms with van der Waals surface area (Å²) in [4.78, 5) is 0.146. The molecule has 3 nitrogen and oxygen atoms in total. The lowest BCUT2D eigenvalue weighted by Crippen LogP contribution is -2.30. The van der Waals surface area contributed by atoms with Gasteiger partial charge in [-0.25, -0.2) is 12.8 Å². The molecule has 1 aliphatic rings. The largest absolute Gasteiger partial charge is 0.243 e. The van der Waals surface area contributed by atoms with Crippen LogP contribution in [0.3, 0.4) is 0 Å². The van der Waals surface area contributed by atoms with Crippen LogP contribution < -0.4 is 0 Å². The fourth-order valence-electron chi connectivity index (χ4n) is 2.89. The van der Waals surface area contributed by atoms with Crippen molar-refractivity contribution in [1.82, 2.24) is 4.31 Å². The highest BCUT2D eigenvalue weighted by atomic mass is 32.2. The normalized spacial score (nSPS) is 19.5. The summed E-state index contributed by atoms with van der Waals surface area (Å²) in [7, 11) is -3.60. The van der Waals surface area contributed by atoms with Gasteiger partial charge in [0.1, 0.15) is 5.82 Å². The number of aryl methyl sites for hydroxylation is 1. The van der Waals surface area contributed by atoms with Crippen molar-refractivity contribution in [3.8, 4) is 0 Å². The van der Waals surface area contributed by atoms with Gasteiger partial charge in [0.05, 0.1) is 10.9 Å². The van der Waals surface area contributed by atoms with Crippen molar-refractivity contribution >= 4 is 10.0 Å². The number of hydrogen-bond donors (Lipinski definition) is 0. The molecule has 1 saturated heterocycles. The second-order valence-electron chi connectivity index (χ2n) is 5.64. The van der Waals surface area contributed by atoms with Crippen molar-refractivity contribution in [2.24, 2.45) is 0 Å². The summed E-state index contributed by atoms with van der Waals surface area (Å²) < 4.78 is 40.2. The maximum absolute atomic E-state index is 13.0. The predicted molar refractivity (Wildman–Crippen MR) is 83.4 cm³/mol. The Balaban J connectivity index is 1.95. The lowest BCUT2D eigenvalue weighted by Gasteiger charge is -2.24. The lowest BCUT2D eigenvalue weighted by atomic mass is 10.0. The maximum Gasteiger partial charge on any atom is 0.243 e. The SMILES string of the molecule is Cc1ccc([C@@H]2CCCN2S(=O)(=O)c2ccc(F)cc2)cc1. The van der Waals surface area contributed by atoms with Gasteiger partial charge in [0.25, 0.3) is 0 Å². The summed E-state index contributed by atoms with van der Waals surface area (Å²) in [5.41, 5.74) is 2.16. The summed E-state index contributed by atoms with van der Waals surface area (Å²) in [6.45, 7) is 2.50. The lowest BCUT2D eigenvalue weighted by molar-refractivity contribution is 0.396. The molecule has 3 rings (SSSR count). The molecule has 116 valence electrons. The molecule has 2 aromatic carbocycles. The number of benzene rings is 2. The number of sulfonamides is 1. The van der Waals surface area contributed by atoms with Crippen LogP contribution in [0.25, 0.3) is 0 Å². The molecule has 2 aromatic rings. The van der Waals surface area contributed by atoms with Crippen LogP contribution in [0.2, 0.25) is 0 Å². The van der Waals surface area contributed by atoms with Gasteiger partial charge in [-0.1, -0.05) is 29.8 Å². The van der Waals surface area contributed by atoms with Crippen molar-refractivity contribution in [1.29, 1.82) is 0 Å². The van der Waals surface area contributed by atoms with E-state index in [9.17, 15) is 12.8 Å². The quantitative estimate of drug-likeness (QED) is 0.866. The zero-order chi connectivity index (χ0) is 15.7. The van der Waals surface area contributed by atoms with E-state index in [0.29, 0.717) is 6.54 Å². The summed E-state index contributed by atoms with van der Waals surface area (Å²) >= 11 is 0. The van der Waals surface area contributed by atoms with Crippen molar-refractivity contribution in [3.05, 3.63) is 65.5 Å². The van der Waals surface area contributed by atoms with Gasteiger partial charge in [-0.15, -0.1) is 0 Å². The van der Waals surface area contributed by atoms with Crippen molar-refractivity contribution in [3.63, 3.8) is 0 Å². The van der Waals surface area contributed by atoms with Crippen LogP contribution in [-0.4, -0.2) is 19.3 Å².